The van der Waals surface area contributed by atoms with E-state index in [4.69, 9.17) is 16.3 Å². The summed E-state index contributed by atoms with van der Waals surface area (Å²) in [5, 5.41) is 5.76. The van der Waals surface area contributed by atoms with Gasteiger partial charge >= 0.3 is 0 Å². The number of carbonyl (C=O) groups excluding carboxylic acids is 2. The lowest BCUT2D eigenvalue weighted by atomic mass is 10.2. The Hall–Kier alpha value is -2.53. The number of para-hydroxylation sites is 1. The second kappa shape index (κ2) is 8.80. The predicted octanol–water partition coefficient (Wildman–Crippen LogP) is 2.27. The Balaban J connectivity index is 1.63. The Labute approximate surface area is 139 Å². The molecule has 0 aromatic heterocycles. The molecule has 0 bridgehead atoms. The first-order valence-electron chi connectivity index (χ1n) is 7.13. The molecule has 23 heavy (non-hydrogen) atoms. The summed E-state index contributed by atoms with van der Waals surface area (Å²) in [6.07, 6.45) is 0. The van der Waals surface area contributed by atoms with E-state index < -0.39 is 0 Å². The van der Waals surface area contributed by atoms with E-state index in [0.29, 0.717) is 23.7 Å². The third kappa shape index (κ3) is 6.00. The van der Waals surface area contributed by atoms with Crippen molar-refractivity contribution in [3.05, 3.63) is 65.2 Å². The number of nitrogens with one attached hydrogen (secondary N) is 2. The highest BCUT2D eigenvalue weighted by Gasteiger charge is 2.07. The maximum absolute atomic E-state index is 11.8. The molecule has 0 radical (unpaired) electrons. The zero-order chi connectivity index (χ0) is 16.5. The molecule has 2 aromatic carbocycles. The van der Waals surface area contributed by atoms with Crippen molar-refractivity contribution in [2.24, 2.45) is 0 Å². The van der Waals surface area contributed by atoms with Gasteiger partial charge in [0.1, 0.15) is 12.4 Å². The minimum atomic E-state index is -0.322. The number of ether oxygens (including phenoxy) is 1. The summed E-state index contributed by atoms with van der Waals surface area (Å²) in [7, 11) is 0. The van der Waals surface area contributed by atoms with Gasteiger partial charge in [0, 0.05) is 10.6 Å². The van der Waals surface area contributed by atoms with E-state index in [-0.39, 0.29) is 18.4 Å². The number of hydrogen-bond acceptors (Lipinski definition) is 3. The first-order chi connectivity index (χ1) is 11.1. The van der Waals surface area contributed by atoms with E-state index in [1.165, 1.54) is 0 Å². The van der Waals surface area contributed by atoms with E-state index in [2.05, 4.69) is 10.6 Å². The molecule has 0 aliphatic heterocycles. The first-order valence-corrected chi connectivity index (χ1v) is 7.51. The van der Waals surface area contributed by atoms with E-state index >= 15 is 0 Å². The van der Waals surface area contributed by atoms with Crippen molar-refractivity contribution in [3.8, 4) is 5.75 Å². The lowest BCUT2D eigenvalue weighted by Gasteiger charge is -2.08. The van der Waals surface area contributed by atoms with Crippen LogP contribution in [0.2, 0.25) is 5.02 Å². The van der Waals surface area contributed by atoms with Gasteiger partial charge in [0.05, 0.1) is 13.1 Å². The normalized spacial score (nSPS) is 9.96. The third-order valence-electron chi connectivity index (χ3n) is 2.95. The van der Waals surface area contributed by atoms with E-state index in [1.807, 2.05) is 30.3 Å². The number of rotatable bonds is 7. The van der Waals surface area contributed by atoms with Crippen LogP contribution in [0.3, 0.4) is 0 Å². The van der Waals surface area contributed by atoms with Crippen molar-refractivity contribution in [3.63, 3.8) is 0 Å². The van der Waals surface area contributed by atoms with Crippen LogP contribution in [0.4, 0.5) is 0 Å². The smallest absolute Gasteiger partial charge is 0.251 e. The zero-order valence-electron chi connectivity index (χ0n) is 12.4. The third-order valence-corrected chi connectivity index (χ3v) is 3.20. The van der Waals surface area contributed by atoms with E-state index in [0.717, 1.165) is 5.75 Å². The topological polar surface area (TPSA) is 67.4 Å². The van der Waals surface area contributed by atoms with Crippen LogP contribution < -0.4 is 15.4 Å². The van der Waals surface area contributed by atoms with Crippen molar-refractivity contribution in [2.45, 2.75) is 0 Å². The highest BCUT2D eigenvalue weighted by molar-refractivity contribution is 6.30. The van der Waals surface area contributed by atoms with Gasteiger partial charge in [-0.3, -0.25) is 9.59 Å². The van der Waals surface area contributed by atoms with Crippen LogP contribution in [0.25, 0.3) is 0 Å². The van der Waals surface area contributed by atoms with Crippen molar-refractivity contribution in [1.29, 1.82) is 0 Å². The van der Waals surface area contributed by atoms with Crippen LogP contribution in [-0.4, -0.2) is 31.5 Å². The molecule has 2 aromatic rings. The molecule has 6 heteroatoms. The fraction of sp³-hybridized carbons (Fsp3) is 0.176. The average molecular weight is 333 g/mol. The van der Waals surface area contributed by atoms with Crippen LogP contribution in [0.1, 0.15) is 10.4 Å². The monoisotopic (exact) mass is 332 g/mol. The van der Waals surface area contributed by atoms with Crippen LogP contribution in [0.15, 0.2) is 54.6 Å². The maximum atomic E-state index is 11.8. The number of benzene rings is 2. The Bertz CT molecular complexity index is 645. The maximum Gasteiger partial charge on any atom is 0.251 e. The quantitative estimate of drug-likeness (QED) is 0.764. The van der Waals surface area contributed by atoms with Crippen molar-refractivity contribution in [2.75, 3.05) is 19.7 Å². The first kappa shape index (κ1) is 16.8. The molecule has 0 atom stereocenters. The van der Waals surface area contributed by atoms with Crippen LogP contribution in [0, 0.1) is 0 Å². The molecule has 0 heterocycles. The highest BCUT2D eigenvalue weighted by Crippen LogP contribution is 2.09. The standard InChI is InChI=1S/C17H17ClN2O3/c18-14-8-6-13(7-9-14)17(22)20-12-16(21)19-10-11-23-15-4-2-1-3-5-15/h1-9H,10-12H2,(H,19,21)(H,20,22). The summed E-state index contributed by atoms with van der Waals surface area (Å²) >= 11 is 5.75. The summed E-state index contributed by atoms with van der Waals surface area (Å²) in [6.45, 7) is 0.637. The van der Waals surface area contributed by atoms with Crippen LogP contribution in [-0.2, 0) is 4.79 Å². The van der Waals surface area contributed by atoms with Crippen molar-refractivity contribution < 1.29 is 14.3 Å². The van der Waals surface area contributed by atoms with Gasteiger partial charge in [0.15, 0.2) is 0 Å². The molecule has 2 amide bonds. The van der Waals surface area contributed by atoms with Gasteiger partial charge in [-0.2, -0.15) is 0 Å². The lowest BCUT2D eigenvalue weighted by Crippen LogP contribution is -2.38. The van der Waals surface area contributed by atoms with Crippen molar-refractivity contribution in [1.82, 2.24) is 10.6 Å². The minimum absolute atomic E-state index is 0.0905. The molecule has 2 rings (SSSR count). The molecule has 0 aliphatic carbocycles. The van der Waals surface area contributed by atoms with Gasteiger partial charge in [0.25, 0.3) is 5.91 Å². The SMILES string of the molecule is O=C(CNC(=O)c1ccc(Cl)cc1)NCCOc1ccccc1. The zero-order valence-corrected chi connectivity index (χ0v) is 13.2. The van der Waals surface area contributed by atoms with Gasteiger partial charge < -0.3 is 15.4 Å². The molecule has 0 spiro atoms. The summed E-state index contributed by atoms with van der Waals surface area (Å²) in [5.74, 6) is 0.152. The molecule has 5 nitrogen and oxygen atoms in total. The van der Waals surface area contributed by atoms with Gasteiger partial charge in [-0.25, -0.2) is 0 Å². The molecule has 0 saturated carbocycles. The van der Waals surface area contributed by atoms with Crippen LogP contribution in [0.5, 0.6) is 5.75 Å². The van der Waals surface area contributed by atoms with E-state index in [9.17, 15) is 9.59 Å². The lowest BCUT2D eigenvalue weighted by molar-refractivity contribution is -0.120. The number of amides is 2. The number of hydrogen-bond donors (Lipinski definition) is 2. The number of carbonyl (C=O) groups is 2. The molecule has 120 valence electrons. The van der Waals surface area contributed by atoms with Gasteiger partial charge in [-0.15, -0.1) is 0 Å². The highest BCUT2D eigenvalue weighted by atomic mass is 35.5. The molecular formula is C17H17ClN2O3. The van der Waals surface area contributed by atoms with Crippen LogP contribution >= 0.6 is 11.6 Å². The summed E-state index contributed by atoms with van der Waals surface area (Å²) in [5.41, 5.74) is 0.453. The largest absolute Gasteiger partial charge is 0.492 e. The minimum Gasteiger partial charge on any atom is -0.492 e. The second-order valence-corrected chi connectivity index (χ2v) is 5.14. The fourth-order valence-electron chi connectivity index (χ4n) is 1.80. The molecule has 0 fully saturated rings. The molecule has 2 N–H and O–H groups in total. The molecular weight excluding hydrogens is 316 g/mol. The Morgan fingerprint density at radius 3 is 2.35 bits per heavy atom. The molecule has 0 saturated heterocycles. The Morgan fingerprint density at radius 2 is 1.65 bits per heavy atom. The van der Waals surface area contributed by atoms with E-state index in [1.54, 1.807) is 24.3 Å². The average Bonchev–Trinajstić information content (AvgIpc) is 2.58. The van der Waals surface area contributed by atoms with Crippen molar-refractivity contribution >= 4 is 23.4 Å². The molecule has 0 aliphatic rings. The number of halogens is 1. The van der Waals surface area contributed by atoms with Gasteiger partial charge in [0.2, 0.25) is 5.91 Å². The van der Waals surface area contributed by atoms with Gasteiger partial charge in [-0.05, 0) is 36.4 Å². The van der Waals surface area contributed by atoms with Gasteiger partial charge in [-0.1, -0.05) is 29.8 Å². The Morgan fingerprint density at radius 1 is 0.957 bits per heavy atom. The Kier molecular flexibility index (Phi) is 6.44. The summed E-state index contributed by atoms with van der Waals surface area (Å²) in [6, 6.07) is 15.8. The molecule has 0 unspecified atom stereocenters. The fourth-order valence-corrected chi connectivity index (χ4v) is 1.93. The summed E-state index contributed by atoms with van der Waals surface area (Å²) in [4.78, 5) is 23.5. The summed E-state index contributed by atoms with van der Waals surface area (Å²) < 4.78 is 5.45. The second-order valence-electron chi connectivity index (χ2n) is 4.70. The predicted molar refractivity (Wildman–Crippen MR) is 88.7 cm³/mol.